The summed E-state index contributed by atoms with van der Waals surface area (Å²) in [6, 6.07) is 3.48. The minimum absolute atomic E-state index is 0. The van der Waals surface area contributed by atoms with Gasteiger partial charge in [-0.05, 0) is 70.3 Å². The van der Waals surface area contributed by atoms with E-state index in [-0.39, 0.29) is 29.9 Å². The molecule has 1 aromatic rings. The van der Waals surface area contributed by atoms with Crippen molar-refractivity contribution in [3.05, 3.63) is 24.2 Å². The molecule has 1 N–H and O–H groups in total. The number of furan rings is 1. The molecule has 0 saturated carbocycles. The number of aliphatic imine (C=N–C) groups is 1. The molecule has 2 aliphatic rings. The summed E-state index contributed by atoms with van der Waals surface area (Å²) in [6.07, 6.45) is 6.57. The van der Waals surface area contributed by atoms with Crippen LogP contribution in [0.25, 0.3) is 0 Å². The highest BCUT2D eigenvalue weighted by molar-refractivity contribution is 14.0. The lowest BCUT2D eigenvalue weighted by Crippen LogP contribution is -2.53. The van der Waals surface area contributed by atoms with Gasteiger partial charge in [-0.2, -0.15) is 0 Å². The fourth-order valence-electron chi connectivity index (χ4n) is 4.02. The van der Waals surface area contributed by atoms with Crippen molar-refractivity contribution in [2.24, 2.45) is 10.9 Å². The van der Waals surface area contributed by atoms with Crippen LogP contribution in [0.15, 0.2) is 27.8 Å². The van der Waals surface area contributed by atoms with E-state index in [1.165, 1.54) is 38.9 Å². The molecule has 1 amide bonds. The number of carbonyl (C=O) groups is 1. The molecule has 1 aromatic heterocycles. The standard InChI is InChI=1S/C22H37N5O2.HI/c1-3-23-22(24-10-4-5-11-25-12-8-19(2)9-13-25)27-16-14-26(15-17-27)21(28)20-7-6-18-29-20;/h6-7,18-19H,3-5,8-17H2,1-2H3,(H,23,24);1H. The highest BCUT2D eigenvalue weighted by Crippen LogP contribution is 2.16. The van der Waals surface area contributed by atoms with Crippen LogP contribution in [0.4, 0.5) is 0 Å². The Morgan fingerprint density at radius 1 is 1.13 bits per heavy atom. The molecule has 3 heterocycles. The number of unbranched alkanes of at least 4 members (excludes halogenated alkanes) is 1. The van der Waals surface area contributed by atoms with E-state index in [1.54, 1.807) is 18.4 Å². The molecule has 2 saturated heterocycles. The summed E-state index contributed by atoms with van der Waals surface area (Å²) in [6.45, 7) is 12.9. The molecule has 2 aliphatic heterocycles. The molecule has 170 valence electrons. The van der Waals surface area contributed by atoms with Crippen LogP contribution in [0, 0.1) is 5.92 Å². The highest BCUT2D eigenvalue weighted by atomic mass is 127. The van der Waals surface area contributed by atoms with E-state index >= 15 is 0 Å². The molecule has 7 nitrogen and oxygen atoms in total. The van der Waals surface area contributed by atoms with Crippen molar-refractivity contribution in [2.45, 2.75) is 39.5 Å². The molecular formula is C22H38IN5O2. The second-order valence-corrected chi connectivity index (χ2v) is 8.22. The number of guanidine groups is 1. The molecule has 0 radical (unpaired) electrons. The van der Waals surface area contributed by atoms with Gasteiger partial charge in [-0.1, -0.05) is 6.92 Å². The average Bonchev–Trinajstić information content (AvgIpc) is 3.29. The zero-order valence-corrected chi connectivity index (χ0v) is 20.8. The predicted molar refractivity (Wildman–Crippen MR) is 132 cm³/mol. The van der Waals surface area contributed by atoms with Crippen LogP contribution in [0.3, 0.4) is 0 Å². The lowest BCUT2D eigenvalue weighted by Gasteiger charge is -2.36. The number of hydrogen-bond donors (Lipinski definition) is 1. The number of nitrogens with one attached hydrogen (secondary N) is 1. The van der Waals surface area contributed by atoms with E-state index in [9.17, 15) is 4.79 Å². The van der Waals surface area contributed by atoms with Gasteiger partial charge in [-0.15, -0.1) is 24.0 Å². The smallest absolute Gasteiger partial charge is 0.289 e. The maximum Gasteiger partial charge on any atom is 0.289 e. The summed E-state index contributed by atoms with van der Waals surface area (Å²) in [7, 11) is 0. The second-order valence-electron chi connectivity index (χ2n) is 8.22. The van der Waals surface area contributed by atoms with Crippen LogP contribution in [0.5, 0.6) is 0 Å². The average molecular weight is 531 g/mol. The zero-order chi connectivity index (χ0) is 20.5. The van der Waals surface area contributed by atoms with Crippen LogP contribution in [-0.4, -0.2) is 85.5 Å². The zero-order valence-electron chi connectivity index (χ0n) is 18.5. The number of rotatable bonds is 7. The van der Waals surface area contributed by atoms with E-state index in [0.29, 0.717) is 18.8 Å². The third kappa shape index (κ3) is 7.44. The molecule has 0 spiro atoms. The van der Waals surface area contributed by atoms with Crippen LogP contribution < -0.4 is 5.32 Å². The van der Waals surface area contributed by atoms with E-state index in [4.69, 9.17) is 9.41 Å². The molecule has 0 bridgehead atoms. The van der Waals surface area contributed by atoms with Crippen molar-refractivity contribution in [1.82, 2.24) is 20.0 Å². The van der Waals surface area contributed by atoms with Crippen LogP contribution in [0.1, 0.15) is 50.1 Å². The molecule has 0 atom stereocenters. The van der Waals surface area contributed by atoms with Gasteiger partial charge in [0.25, 0.3) is 5.91 Å². The van der Waals surface area contributed by atoms with Crippen molar-refractivity contribution in [2.75, 3.05) is 58.9 Å². The Morgan fingerprint density at radius 3 is 2.47 bits per heavy atom. The van der Waals surface area contributed by atoms with Gasteiger partial charge in [0.2, 0.25) is 0 Å². The predicted octanol–water partition coefficient (Wildman–Crippen LogP) is 3.13. The first-order chi connectivity index (χ1) is 14.2. The monoisotopic (exact) mass is 531 g/mol. The lowest BCUT2D eigenvalue weighted by atomic mass is 9.99. The summed E-state index contributed by atoms with van der Waals surface area (Å²) < 4.78 is 5.24. The molecule has 0 aliphatic carbocycles. The number of halogens is 1. The summed E-state index contributed by atoms with van der Waals surface area (Å²) in [5, 5.41) is 3.41. The third-order valence-corrected chi connectivity index (χ3v) is 5.95. The van der Waals surface area contributed by atoms with Crippen LogP contribution in [-0.2, 0) is 0 Å². The van der Waals surface area contributed by atoms with Gasteiger partial charge in [-0.25, -0.2) is 0 Å². The number of carbonyl (C=O) groups excluding carboxylic acids is 1. The molecule has 2 fully saturated rings. The Hall–Kier alpha value is -1.29. The fourth-order valence-corrected chi connectivity index (χ4v) is 4.02. The fraction of sp³-hybridized carbons (Fsp3) is 0.727. The minimum Gasteiger partial charge on any atom is -0.459 e. The van der Waals surface area contributed by atoms with Gasteiger partial charge in [0.1, 0.15) is 0 Å². The second kappa shape index (κ2) is 13.2. The van der Waals surface area contributed by atoms with Gasteiger partial charge in [0, 0.05) is 39.3 Å². The number of piperidine rings is 1. The number of piperazine rings is 1. The first-order valence-corrected chi connectivity index (χ1v) is 11.3. The Labute approximate surface area is 198 Å². The number of likely N-dealkylation sites (tertiary alicyclic amines) is 1. The van der Waals surface area contributed by atoms with E-state index in [0.717, 1.165) is 44.5 Å². The van der Waals surface area contributed by atoms with E-state index in [1.807, 2.05) is 4.90 Å². The minimum atomic E-state index is -0.0244. The van der Waals surface area contributed by atoms with Gasteiger partial charge in [0.15, 0.2) is 11.7 Å². The largest absolute Gasteiger partial charge is 0.459 e. The number of amides is 1. The third-order valence-electron chi connectivity index (χ3n) is 5.95. The molecule has 30 heavy (non-hydrogen) atoms. The highest BCUT2D eigenvalue weighted by Gasteiger charge is 2.25. The number of hydrogen-bond acceptors (Lipinski definition) is 4. The van der Waals surface area contributed by atoms with Crippen LogP contribution >= 0.6 is 24.0 Å². The molecule has 3 rings (SSSR count). The maximum absolute atomic E-state index is 12.4. The van der Waals surface area contributed by atoms with Gasteiger partial charge in [0.05, 0.1) is 6.26 Å². The van der Waals surface area contributed by atoms with Gasteiger partial charge < -0.3 is 24.4 Å². The van der Waals surface area contributed by atoms with Crippen molar-refractivity contribution < 1.29 is 9.21 Å². The number of nitrogens with zero attached hydrogens (tertiary/aromatic N) is 4. The van der Waals surface area contributed by atoms with Gasteiger partial charge >= 0.3 is 0 Å². The Bertz CT molecular complexity index is 636. The molecule has 0 unspecified atom stereocenters. The normalized spacial score (nSPS) is 18.9. The summed E-state index contributed by atoms with van der Waals surface area (Å²) in [4.78, 5) is 24.0. The maximum atomic E-state index is 12.4. The molecule has 0 aromatic carbocycles. The van der Waals surface area contributed by atoms with Crippen molar-refractivity contribution in [3.63, 3.8) is 0 Å². The van der Waals surface area contributed by atoms with Crippen molar-refractivity contribution in [3.8, 4) is 0 Å². The Balaban J connectivity index is 0.00000320. The lowest BCUT2D eigenvalue weighted by molar-refractivity contribution is 0.0657. The van der Waals surface area contributed by atoms with Crippen LogP contribution in [0.2, 0.25) is 0 Å². The molecule has 8 heteroatoms. The van der Waals surface area contributed by atoms with Gasteiger partial charge in [-0.3, -0.25) is 9.79 Å². The summed E-state index contributed by atoms with van der Waals surface area (Å²) in [5.74, 6) is 2.27. The van der Waals surface area contributed by atoms with Crippen molar-refractivity contribution in [1.29, 1.82) is 0 Å². The summed E-state index contributed by atoms with van der Waals surface area (Å²) in [5.41, 5.74) is 0. The SMILES string of the molecule is CCNC(=NCCCCN1CCC(C)CC1)N1CCN(C(=O)c2ccco2)CC1.I. The van der Waals surface area contributed by atoms with E-state index < -0.39 is 0 Å². The topological polar surface area (TPSA) is 64.3 Å². The van der Waals surface area contributed by atoms with E-state index in [2.05, 4.69) is 29.0 Å². The summed E-state index contributed by atoms with van der Waals surface area (Å²) >= 11 is 0. The van der Waals surface area contributed by atoms with Crippen molar-refractivity contribution >= 4 is 35.8 Å². The Kier molecular flexibility index (Phi) is 11.0. The molecular weight excluding hydrogens is 493 g/mol. The Morgan fingerprint density at radius 2 is 1.83 bits per heavy atom. The first-order valence-electron chi connectivity index (χ1n) is 11.3. The first kappa shape index (κ1) is 25.0. The quantitative estimate of drug-likeness (QED) is 0.254.